The molecule has 2 saturated heterocycles. The average Bonchev–Trinajstić information content (AvgIpc) is 2.49. The Hall–Kier alpha value is -0.930. The van der Waals surface area contributed by atoms with E-state index < -0.39 is 0 Å². The first-order valence-corrected chi connectivity index (χ1v) is 8.45. The molecule has 3 N–H and O–H groups in total. The summed E-state index contributed by atoms with van der Waals surface area (Å²) in [4.78, 5) is 7.04. The third kappa shape index (κ3) is 3.58. The molecule has 3 heterocycles. The van der Waals surface area contributed by atoms with Crippen LogP contribution in [0.25, 0.3) is 0 Å². The maximum Gasteiger partial charge on any atom is 0.234 e. The first-order valence-electron chi connectivity index (χ1n) is 8.45. The van der Waals surface area contributed by atoms with Crippen molar-refractivity contribution in [3.05, 3.63) is 30.1 Å². The zero-order valence-electron chi connectivity index (χ0n) is 12.8. The highest BCUT2D eigenvalue weighted by molar-refractivity contribution is 4.94. The third-order valence-electron chi connectivity index (χ3n) is 5.29. The predicted octanol–water partition coefficient (Wildman–Crippen LogP) is -0.637. The quantitative estimate of drug-likeness (QED) is 0.734. The van der Waals surface area contributed by atoms with E-state index >= 15 is 0 Å². The zero-order chi connectivity index (χ0) is 13.8. The van der Waals surface area contributed by atoms with E-state index in [2.05, 4.69) is 30.1 Å². The van der Waals surface area contributed by atoms with Gasteiger partial charge in [-0.05, 0) is 18.9 Å². The lowest BCUT2D eigenvalue weighted by Crippen LogP contribution is -3.21. The maximum absolute atomic E-state index is 3.37. The molecule has 0 bridgehead atoms. The van der Waals surface area contributed by atoms with E-state index in [-0.39, 0.29) is 0 Å². The first kappa shape index (κ1) is 14.0. The van der Waals surface area contributed by atoms with Gasteiger partial charge in [-0.2, -0.15) is 0 Å². The van der Waals surface area contributed by atoms with Crippen LogP contribution in [0, 0.1) is 5.92 Å². The minimum absolute atomic E-state index is 0.946. The molecule has 2 atom stereocenters. The van der Waals surface area contributed by atoms with Gasteiger partial charge in [-0.1, -0.05) is 6.92 Å². The minimum Gasteiger partial charge on any atom is -0.332 e. The molecule has 1 aromatic rings. The van der Waals surface area contributed by atoms with Gasteiger partial charge >= 0.3 is 0 Å². The summed E-state index contributed by atoms with van der Waals surface area (Å²) >= 11 is 0. The van der Waals surface area contributed by atoms with E-state index in [4.69, 9.17) is 0 Å². The molecule has 0 amide bonds. The molecule has 110 valence electrons. The fourth-order valence-corrected chi connectivity index (χ4v) is 4.12. The normalized spacial score (nSPS) is 34.9. The first-order chi connectivity index (χ1) is 9.81. The Morgan fingerprint density at radius 3 is 2.70 bits per heavy atom. The number of H-pyrrole nitrogens is 1. The molecule has 0 aromatic carbocycles. The van der Waals surface area contributed by atoms with Gasteiger partial charge in [-0.3, -0.25) is 0 Å². The Morgan fingerprint density at radius 2 is 2.00 bits per heavy atom. The van der Waals surface area contributed by atoms with Gasteiger partial charge in [0.15, 0.2) is 12.7 Å². The van der Waals surface area contributed by atoms with Crippen molar-refractivity contribution >= 4 is 0 Å². The van der Waals surface area contributed by atoms with Crippen molar-refractivity contribution in [2.24, 2.45) is 5.92 Å². The van der Waals surface area contributed by atoms with Crippen molar-refractivity contribution in [3.8, 4) is 0 Å². The summed E-state index contributed by atoms with van der Waals surface area (Å²) in [5.74, 6) is 0.947. The molecular weight excluding hydrogens is 246 g/mol. The average molecular weight is 276 g/mol. The summed E-state index contributed by atoms with van der Waals surface area (Å²) in [5, 5.41) is 0. The van der Waals surface area contributed by atoms with Gasteiger partial charge in [-0.15, -0.1) is 0 Å². The van der Waals surface area contributed by atoms with E-state index in [0.29, 0.717) is 0 Å². The Balaban J connectivity index is 1.47. The van der Waals surface area contributed by atoms with Gasteiger partial charge in [-0.25, -0.2) is 4.98 Å². The largest absolute Gasteiger partial charge is 0.332 e. The lowest BCUT2D eigenvalue weighted by molar-refractivity contribution is -0.968. The fraction of sp³-hybridized carbons (Fsp3) is 0.706. The van der Waals surface area contributed by atoms with E-state index in [1.54, 1.807) is 4.90 Å². The molecule has 3 nitrogen and oxygen atoms in total. The summed E-state index contributed by atoms with van der Waals surface area (Å²) in [6.45, 7) is 9.16. The van der Waals surface area contributed by atoms with Crippen molar-refractivity contribution in [2.45, 2.75) is 45.2 Å². The van der Waals surface area contributed by atoms with Crippen LogP contribution in [0.15, 0.2) is 24.4 Å². The van der Waals surface area contributed by atoms with Crippen LogP contribution in [0.5, 0.6) is 0 Å². The number of pyridine rings is 1. The molecule has 2 unspecified atom stereocenters. The van der Waals surface area contributed by atoms with E-state index in [0.717, 1.165) is 12.0 Å². The minimum atomic E-state index is 0.946. The highest BCUT2D eigenvalue weighted by Crippen LogP contribution is 2.07. The molecule has 1 aromatic heterocycles. The molecule has 0 aliphatic carbocycles. The van der Waals surface area contributed by atoms with Crippen LogP contribution in [0.1, 0.15) is 38.3 Å². The lowest BCUT2D eigenvalue weighted by Gasteiger charge is -2.37. The number of hydrogen-bond acceptors (Lipinski definition) is 0. The smallest absolute Gasteiger partial charge is 0.234 e. The Labute approximate surface area is 123 Å². The van der Waals surface area contributed by atoms with Gasteiger partial charge in [0.2, 0.25) is 5.69 Å². The number of likely N-dealkylation sites (tertiary alicyclic amines) is 2. The highest BCUT2D eigenvalue weighted by atomic mass is 15.2. The molecule has 2 aliphatic heterocycles. The van der Waals surface area contributed by atoms with Crippen LogP contribution in [0.3, 0.4) is 0 Å². The molecule has 2 fully saturated rings. The Bertz CT molecular complexity index is 398. The zero-order valence-corrected chi connectivity index (χ0v) is 12.8. The van der Waals surface area contributed by atoms with Gasteiger partial charge in [0, 0.05) is 30.9 Å². The monoisotopic (exact) mass is 276 g/mol. The number of aromatic nitrogens is 1. The summed E-state index contributed by atoms with van der Waals surface area (Å²) < 4.78 is 0. The molecule has 3 heteroatoms. The third-order valence-corrected chi connectivity index (χ3v) is 5.29. The van der Waals surface area contributed by atoms with E-state index in [9.17, 15) is 0 Å². The SMILES string of the molecule is CC1CCC[NH+](C2CC[NH+](Cc3cccc[nH+]3)CC2)C1. The number of piperidine rings is 2. The number of hydrogen-bond donors (Lipinski definition) is 2. The van der Waals surface area contributed by atoms with Gasteiger partial charge in [0.1, 0.15) is 0 Å². The van der Waals surface area contributed by atoms with Crippen molar-refractivity contribution in [1.29, 1.82) is 0 Å². The summed E-state index contributed by atoms with van der Waals surface area (Å²) in [6, 6.07) is 7.36. The molecule has 20 heavy (non-hydrogen) atoms. The second-order valence-electron chi connectivity index (χ2n) is 6.95. The number of nitrogens with one attached hydrogen (secondary N) is 3. The standard InChI is InChI=1S/C17H27N3/c1-15-5-4-10-20(13-15)17-7-11-19(12-8-17)14-16-6-2-3-9-18-16/h2-3,6,9,15,17H,4-5,7-8,10-14H2,1H3/p+3. The number of quaternary nitrogens is 2. The van der Waals surface area contributed by atoms with Crippen molar-refractivity contribution in [1.82, 2.24) is 0 Å². The van der Waals surface area contributed by atoms with E-state index in [1.807, 2.05) is 11.1 Å². The maximum atomic E-state index is 3.37. The van der Waals surface area contributed by atoms with Gasteiger partial charge < -0.3 is 9.80 Å². The highest BCUT2D eigenvalue weighted by Gasteiger charge is 2.32. The number of aromatic amines is 1. The topological polar surface area (TPSA) is 23.0 Å². The fourth-order valence-electron chi connectivity index (χ4n) is 4.12. The van der Waals surface area contributed by atoms with Crippen LogP contribution < -0.4 is 14.8 Å². The molecule has 3 rings (SSSR count). The Morgan fingerprint density at radius 1 is 1.15 bits per heavy atom. The molecular formula is C17H30N3+3. The predicted molar refractivity (Wildman–Crippen MR) is 79.5 cm³/mol. The number of rotatable bonds is 3. The van der Waals surface area contributed by atoms with Crippen molar-refractivity contribution in [3.63, 3.8) is 0 Å². The Kier molecular flexibility index (Phi) is 4.69. The van der Waals surface area contributed by atoms with Gasteiger partial charge in [0.25, 0.3) is 0 Å². The van der Waals surface area contributed by atoms with Crippen molar-refractivity contribution in [2.75, 3.05) is 26.2 Å². The lowest BCUT2D eigenvalue weighted by atomic mass is 9.95. The van der Waals surface area contributed by atoms with Crippen LogP contribution >= 0.6 is 0 Å². The molecule has 0 radical (unpaired) electrons. The molecule has 2 aliphatic rings. The second kappa shape index (κ2) is 6.68. The summed E-state index contributed by atoms with van der Waals surface area (Å²) in [6.07, 6.45) is 7.79. The van der Waals surface area contributed by atoms with Crippen LogP contribution in [0.4, 0.5) is 0 Å². The molecule has 0 saturated carbocycles. The van der Waals surface area contributed by atoms with E-state index in [1.165, 1.54) is 64.1 Å². The van der Waals surface area contributed by atoms with Crippen LogP contribution in [0.2, 0.25) is 0 Å². The van der Waals surface area contributed by atoms with Crippen molar-refractivity contribution < 1.29 is 14.8 Å². The summed E-state index contributed by atoms with van der Waals surface area (Å²) in [5.41, 5.74) is 1.37. The van der Waals surface area contributed by atoms with Crippen LogP contribution in [-0.4, -0.2) is 32.2 Å². The summed E-state index contributed by atoms with van der Waals surface area (Å²) in [7, 11) is 0. The van der Waals surface area contributed by atoms with Crippen LogP contribution in [-0.2, 0) is 6.54 Å². The second-order valence-corrected chi connectivity index (χ2v) is 6.95. The van der Waals surface area contributed by atoms with Gasteiger partial charge in [0.05, 0.1) is 32.2 Å². The molecule has 0 spiro atoms.